The Hall–Kier alpha value is -1.90. The fourth-order valence-corrected chi connectivity index (χ4v) is 6.41. The van der Waals surface area contributed by atoms with Crippen molar-refractivity contribution in [3.63, 3.8) is 0 Å². The first-order valence-corrected chi connectivity index (χ1v) is 13.4. The summed E-state index contributed by atoms with van der Waals surface area (Å²) in [6, 6.07) is 8.32. The summed E-state index contributed by atoms with van der Waals surface area (Å²) in [5.74, 6) is 0.456. The fourth-order valence-electron chi connectivity index (χ4n) is 4.42. The van der Waals surface area contributed by atoms with Crippen LogP contribution in [0.25, 0.3) is 20.3 Å². The highest BCUT2D eigenvalue weighted by Crippen LogP contribution is 2.32. The van der Waals surface area contributed by atoms with Crippen LogP contribution in [0.15, 0.2) is 34.2 Å². The fraction of sp³-hybridized carbons (Fsp3) is 0.542. The number of rotatable bonds is 8. The van der Waals surface area contributed by atoms with Crippen LogP contribution in [0.4, 0.5) is 0 Å². The third-order valence-electron chi connectivity index (χ3n) is 6.43. The first-order valence-electron chi connectivity index (χ1n) is 11.6. The summed E-state index contributed by atoms with van der Waals surface area (Å²) in [5.41, 5.74) is 0.764. The number of hydrogen-bond donors (Lipinski definition) is 0. The van der Waals surface area contributed by atoms with Gasteiger partial charge in [-0.2, -0.15) is 0 Å². The molecule has 1 atom stereocenters. The first-order chi connectivity index (χ1) is 15.5. The quantitative estimate of drug-likeness (QED) is 0.358. The van der Waals surface area contributed by atoms with Crippen molar-refractivity contribution in [3.8, 4) is 0 Å². The Kier molecular flexibility index (Phi) is 7.53. The van der Waals surface area contributed by atoms with Crippen molar-refractivity contribution < 1.29 is 4.79 Å². The average Bonchev–Trinajstić information content (AvgIpc) is 3.18. The molecule has 1 saturated heterocycles. The summed E-state index contributed by atoms with van der Waals surface area (Å²) in [7, 11) is 0. The van der Waals surface area contributed by atoms with Gasteiger partial charge in [-0.25, -0.2) is 4.98 Å². The third kappa shape index (κ3) is 4.72. The van der Waals surface area contributed by atoms with E-state index in [1.54, 1.807) is 4.57 Å². The summed E-state index contributed by atoms with van der Waals surface area (Å²) in [4.78, 5) is 35.7. The molecule has 0 N–H and O–H groups in total. The zero-order chi connectivity index (χ0) is 22.7. The molecule has 0 bridgehead atoms. The van der Waals surface area contributed by atoms with Crippen molar-refractivity contribution in [2.24, 2.45) is 0 Å². The van der Waals surface area contributed by atoms with E-state index in [2.05, 4.69) is 25.7 Å². The predicted octanol–water partition coefficient (Wildman–Crippen LogP) is 4.45. The van der Waals surface area contributed by atoms with E-state index in [0.29, 0.717) is 22.2 Å². The molecule has 4 rings (SSSR count). The summed E-state index contributed by atoms with van der Waals surface area (Å²) in [6.07, 6.45) is 3.32. The van der Waals surface area contributed by atoms with Gasteiger partial charge in [-0.3, -0.25) is 14.2 Å². The molecule has 1 amide bonds. The Labute approximate surface area is 197 Å². The number of thiophene rings is 1. The van der Waals surface area contributed by atoms with Crippen molar-refractivity contribution in [1.29, 1.82) is 0 Å². The second-order valence-electron chi connectivity index (χ2n) is 8.37. The van der Waals surface area contributed by atoms with Gasteiger partial charge in [0.2, 0.25) is 5.91 Å². The number of benzene rings is 1. The molecule has 3 aromatic rings. The number of carbonyl (C=O) groups is 1. The lowest BCUT2D eigenvalue weighted by Crippen LogP contribution is -2.43. The van der Waals surface area contributed by atoms with Gasteiger partial charge in [0.05, 0.1) is 11.3 Å². The van der Waals surface area contributed by atoms with Crippen LogP contribution in [-0.2, 0) is 11.3 Å². The number of thioether (sulfide) groups is 1. The molecule has 0 spiro atoms. The first kappa shape index (κ1) is 23.3. The number of fused-ring (bicyclic) bond motifs is 3. The topological polar surface area (TPSA) is 58.4 Å². The van der Waals surface area contributed by atoms with Crippen LogP contribution in [-0.4, -0.2) is 63.2 Å². The minimum absolute atomic E-state index is 0.00430. The molecule has 1 fully saturated rings. The molecule has 6 nitrogen and oxygen atoms in total. The zero-order valence-electron chi connectivity index (χ0n) is 19.2. The van der Waals surface area contributed by atoms with Crippen LogP contribution in [0.2, 0.25) is 0 Å². The lowest BCUT2D eigenvalue weighted by Gasteiger charge is -2.33. The molecule has 1 unspecified atom stereocenters. The van der Waals surface area contributed by atoms with Crippen molar-refractivity contribution >= 4 is 49.3 Å². The van der Waals surface area contributed by atoms with Gasteiger partial charge in [-0.05, 0) is 45.3 Å². The summed E-state index contributed by atoms with van der Waals surface area (Å²) < 4.78 is 3.56. The van der Waals surface area contributed by atoms with Gasteiger partial charge in [0.15, 0.2) is 5.16 Å². The highest BCUT2D eigenvalue weighted by atomic mass is 32.2. The van der Waals surface area contributed by atoms with E-state index in [1.807, 2.05) is 29.2 Å². The van der Waals surface area contributed by atoms with Gasteiger partial charge in [0.1, 0.15) is 4.70 Å². The molecule has 0 radical (unpaired) electrons. The number of aromatic nitrogens is 2. The van der Waals surface area contributed by atoms with Crippen molar-refractivity contribution in [1.82, 2.24) is 19.4 Å². The van der Waals surface area contributed by atoms with Gasteiger partial charge in [-0.15, -0.1) is 11.3 Å². The van der Waals surface area contributed by atoms with Crippen LogP contribution in [0, 0.1) is 0 Å². The van der Waals surface area contributed by atoms with Crippen LogP contribution >= 0.6 is 23.1 Å². The number of amides is 1. The largest absolute Gasteiger partial charge is 0.339 e. The number of piperidine rings is 1. The number of hydrogen-bond acceptors (Lipinski definition) is 6. The Morgan fingerprint density at radius 3 is 2.78 bits per heavy atom. The van der Waals surface area contributed by atoms with E-state index in [1.165, 1.54) is 29.5 Å². The summed E-state index contributed by atoms with van der Waals surface area (Å²) in [6.45, 7) is 10.5. The Morgan fingerprint density at radius 2 is 2.03 bits per heavy atom. The maximum Gasteiger partial charge on any atom is 0.272 e. The minimum Gasteiger partial charge on any atom is -0.339 e. The Morgan fingerprint density at radius 1 is 1.25 bits per heavy atom. The predicted molar refractivity (Wildman–Crippen MR) is 135 cm³/mol. The molecule has 0 saturated carbocycles. The molecule has 1 aliphatic rings. The molecular weight excluding hydrogens is 440 g/mol. The highest BCUT2D eigenvalue weighted by Gasteiger charge is 2.24. The molecule has 1 aliphatic heterocycles. The van der Waals surface area contributed by atoms with E-state index in [4.69, 9.17) is 4.98 Å². The maximum atomic E-state index is 13.5. The maximum absolute atomic E-state index is 13.5. The molecule has 3 heterocycles. The third-order valence-corrected chi connectivity index (χ3v) is 8.54. The Bertz CT molecular complexity index is 1150. The normalized spacial score (nSPS) is 17.0. The SMILES string of the molecule is CCN(CC)CCn1c(SCC(=O)N2CCCCC2C)nc2c(sc3ccccc32)c1=O. The van der Waals surface area contributed by atoms with Crippen LogP contribution < -0.4 is 5.56 Å². The van der Waals surface area contributed by atoms with Gasteiger partial charge in [0, 0.05) is 35.8 Å². The molecule has 172 valence electrons. The molecule has 2 aromatic heterocycles. The lowest BCUT2D eigenvalue weighted by atomic mass is 10.0. The van der Waals surface area contributed by atoms with Gasteiger partial charge in [-0.1, -0.05) is 43.8 Å². The van der Waals surface area contributed by atoms with E-state index < -0.39 is 0 Å². The second-order valence-corrected chi connectivity index (χ2v) is 10.4. The number of nitrogens with zero attached hydrogens (tertiary/aromatic N) is 4. The summed E-state index contributed by atoms with van der Waals surface area (Å²) in [5, 5.41) is 1.66. The average molecular weight is 473 g/mol. The number of likely N-dealkylation sites (tertiary alicyclic amines) is 1. The highest BCUT2D eigenvalue weighted by molar-refractivity contribution is 7.99. The van der Waals surface area contributed by atoms with Gasteiger partial charge >= 0.3 is 0 Å². The smallest absolute Gasteiger partial charge is 0.272 e. The molecule has 8 heteroatoms. The second kappa shape index (κ2) is 10.4. The molecule has 32 heavy (non-hydrogen) atoms. The Balaban J connectivity index is 1.67. The van der Waals surface area contributed by atoms with Gasteiger partial charge < -0.3 is 9.80 Å². The number of likely N-dealkylation sites (N-methyl/N-ethyl adjacent to an activating group) is 1. The minimum atomic E-state index is 0.00430. The standard InChI is InChI=1S/C24H32N4O2S2/c1-4-26(5-2)14-15-28-23(30)22-21(18-11-6-7-12-19(18)32-22)25-24(28)31-16-20(29)27-13-9-8-10-17(27)3/h6-7,11-12,17H,4-5,8-10,13-16H2,1-3H3. The van der Waals surface area contributed by atoms with Crippen LogP contribution in [0.5, 0.6) is 0 Å². The molecular formula is C24H32N4O2S2. The lowest BCUT2D eigenvalue weighted by molar-refractivity contribution is -0.131. The zero-order valence-corrected chi connectivity index (χ0v) is 20.8. The van der Waals surface area contributed by atoms with Crippen LogP contribution in [0.3, 0.4) is 0 Å². The van der Waals surface area contributed by atoms with Crippen molar-refractivity contribution in [3.05, 3.63) is 34.6 Å². The van der Waals surface area contributed by atoms with Gasteiger partial charge in [0.25, 0.3) is 5.56 Å². The van der Waals surface area contributed by atoms with Crippen molar-refractivity contribution in [2.45, 2.75) is 57.8 Å². The summed E-state index contributed by atoms with van der Waals surface area (Å²) >= 11 is 2.92. The van der Waals surface area contributed by atoms with Crippen LogP contribution in [0.1, 0.15) is 40.0 Å². The number of carbonyl (C=O) groups excluding carboxylic acids is 1. The van der Waals surface area contributed by atoms with Crippen molar-refractivity contribution in [2.75, 3.05) is 31.9 Å². The van der Waals surface area contributed by atoms with E-state index in [0.717, 1.165) is 54.6 Å². The molecule has 0 aliphatic carbocycles. The molecule has 1 aromatic carbocycles. The van der Waals surface area contributed by atoms with E-state index in [9.17, 15) is 9.59 Å². The van der Waals surface area contributed by atoms with E-state index >= 15 is 0 Å². The van der Waals surface area contributed by atoms with E-state index in [-0.39, 0.29) is 17.5 Å². The monoisotopic (exact) mass is 472 g/mol.